The molecule has 0 radical (unpaired) electrons. The van der Waals surface area contributed by atoms with E-state index >= 15 is 0 Å². The van der Waals surface area contributed by atoms with Gasteiger partial charge in [0.15, 0.2) is 0 Å². The first-order chi connectivity index (χ1) is 10.6. The van der Waals surface area contributed by atoms with Gasteiger partial charge in [0.25, 0.3) is 0 Å². The minimum atomic E-state index is -1.08. The van der Waals surface area contributed by atoms with Crippen LogP contribution in [0.1, 0.15) is 20.7 Å². The van der Waals surface area contributed by atoms with Crippen molar-refractivity contribution in [2.75, 3.05) is 0 Å². The van der Waals surface area contributed by atoms with Crippen LogP contribution in [0.4, 0.5) is 0 Å². The van der Waals surface area contributed by atoms with E-state index in [0.717, 1.165) is 0 Å². The fourth-order valence-electron chi connectivity index (χ4n) is 1.41. The Balaban J connectivity index is 0.00000102. The van der Waals surface area contributed by atoms with Gasteiger partial charge in [0.05, 0.1) is 22.5 Å². The molecule has 10 heteroatoms. The molecule has 2 heterocycles. The van der Waals surface area contributed by atoms with Gasteiger partial charge in [-0.25, -0.2) is 9.59 Å². The Labute approximate surface area is 125 Å². The monoisotopic (exact) mass is 308 g/mol. The van der Waals surface area contributed by atoms with Crippen molar-refractivity contribution in [3.05, 3.63) is 47.8 Å². The summed E-state index contributed by atoms with van der Waals surface area (Å²) in [5.74, 6) is 13.8. The lowest BCUT2D eigenvalue weighted by Crippen LogP contribution is -2.02. The SMILES string of the molecule is NN.NN.O=C(O)c1ccnc(-c2cc(C(=O)O)ccn2)c1. The average Bonchev–Trinajstić information content (AvgIpc) is 2.58. The van der Waals surface area contributed by atoms with Crippen molar-refractivity contribution in [2.24, 2.45) is 23.4 Å². The van der Waals surface area contributed by atoms with Gasteiger partial charge in [-0.1, -0.05) is 0 Å². The molecule has 10 N–H and O–H groups in total. The predicted molar refractivity (Wildman–Crippen MR) is 78.1 cm³/mol. The van der Waals surface area contributed by atoms with Gasteiger partial charge in [-0.05, 0) is 24.3 Å². The lowest BCUT2D eigenvalue weighted by molar-refractivity contribution is 0.0686. The minimum Gasteiger partial charge on any atom is -0.478 e. The highest BCUT2D eigenvalue weighted by Gasteiger charge is 2.09. The van der Waals surface area contributed by atoms with E-state index in [9.17, 15) is 9.59 Å². The van der Waals surface area contributed by atoms with Gasteiger partial charge in [0.2, 0.25) is 0 Å². The molecule has 118 valence electrons. The summed E-state index contributed by atoms with van der Waals surface area (Å²) in [4.78, 5) is 29.6. The smallest absolute Gasteiger partial charge is 0.335 e. The van der Waals surface area contributed by atoms with E-state index in [-0.39, 0.29) is 11.1 Å². The minimum absolute atomic E-state index is 0.0718. The second-order valence-corrected chi connectivity index (χ2v) is 3.47. The number of carboxylic acid groups (broad SMARTS) is 2. The van der Waals surface area contributed by atoms with Crippen molar-refractivity contribution < 1.29 is 19.8 Å². The summed E-state index contributed by atoms with van der Waals surface area (Å²) in [6.07, 6.45) is 2.68. The summed E-state index contributed by atoms with van der Waals surface area (Å²) in [6.45, 7) is 0. The van der Waals surface area contributed by atoms with Gasteiger partial charge in [0, 0.05) is 12.4 Å². The molecule has 0 aliphatic heterocycles. The third-order valence-electron chi connectivity index (χ3n) is 2.28. The van der Waals surface area contributed by atoms with Crippen LogP contribution in [-0.2, 0) is 0 Å². The second kappa shape index (κ2) is 9.90. The molecule has 0 atom stereocenters. The maximum atomic E-state index is 10.8. The van der Waals surface area contributed by atoms with Crippen LogP contribution < -0.4 is 23.4 Å². The third-order valence-corrected chi connectivity index (χ3v) is 2.28. The Morgan fingerprint density at radius 3 is 1.36 bits per heavy atom. The fraction of sp³-hybridized carbons (Fsp3) is 0. The van der Waals surface area contributed by atoms with Crippen LogP contribution in [0.2, 0.25) is 0 Å². The van der Waals surface area contributed by atoms with E-state index in [1.807, 2.05) is 0 Å². The second-order valence-electron chi connectivity index (χ2n) is 3.47. The van der Waals surface area contributed by atoms with Gasteiger partial charge >= 0.3 is 11.9 Å². The normalized spacial score (nSPS) is 8.73. The van der Waals surface area contributed by atoms with E-state index in [0.29, 0.717) is 11.4 Å². The highest BCUT2D eigenvalue weighted by Crippen LogP contribution is 2.16. The molecule has 0 unspecified atom stereocenters. The predicted octanol–water partition coefficient (Wildman–Crippen LogP) is -0.822. The van der Waals surface area contributed by atoms with E-state index in [4.69, 9.17) is 10.2 Å². The third kappa shape index (κ3) is 5.22. The largest absolute Gasteiger partial charge is 0.478 e. The first-order valence-corrected chi connectivity index (χ1v) is 5.63. The number of rotatable bonds is 3. The van der Waals surface area contributed by atoms with Crippen molar-refractivity contribution in [3.63, 3.8) is 0 Å². The molecule has 10 nitrogen and oxygen atoms in total. The number of pyridine rings is 2. The maximum absolute atomic E-state index is 10.8. The van der Waals surface area contributed by atoms with Crippen molar-refractivity contribution in [2.45, 2.75) is 0 Å². The standard InChI is InChI=1S/C12H8N2O4.2H4N2/c15-11(16)7-1-3-13-9(5-7)10-6-8(12(17)18)2-4-14-10;2*1-2/h1-6H,(H,15,16)(H,17,18);2*1-2H2. The number of aromatic carboxylic acids is 2. The van der Waals surface area contributed by atoms with Crippen LogP contribution in [0.15, 0.2) is 36.7 Å². The molecule has 22 heavy (non-hydrogen) atoms. The number of hydrogen-bond acceptors (Lipinski definition) is 8. The summed E-state index contributed by atoms with van der Waals surface area (Å²) in [5, 5.41) is 17.7. The summed E-state index contributed by atoms with van der Waals surface area (Å²) >= 11 is 0. The number of nitrogens with zero attached hydrogens (tertiary/aromatic N) is 2. The van der Waals surface area contributed by atoms with Gasteiger partial charge in [-0.3, -0.25) is 33.3 Å². The Morgan fingerprint density at radius 2 is 1.09 bits per heavy atom. The number of carboxylic acids is 2. The van der Waals surface area contributed by atoms with Gasteiger partial charge in [-0.2, -0.15) is 0 Å². The molecule has 2 aromatic heterocycles. The lowest BCUT2D eigenvalue weighted by Gasteiger charge is -2.02. The van der Waals surface area contributed by atoms with Gasteiger partial charge in [0.1, 0.15) is 0 Å². The van der Waals surface area contributed by atoms with E-state index < -0.39 is 11.9 Å². The maximum Gasteiger partial charge on any atom is 0.335 e. The van der Waals surface area contributed by atoms with Crippen LogP contribution in [0.3, 0.4) is 0 Å². The molecule has 2 rings (SSSR count). The Kier molecular flexibility index (Phi) is 8.59. The van der Waals surface area contributed by atoms with Crippen molar-refractivity contribution >= 4 is 11.9 Å². The van der Waals surface area contributed by atoms with Crippen LogP contribution in [0, 0.1) is 0 Å². The van der Waals surface area contributed by atoms with Crippen LogP contribution in [0.5, 0.6) is 0 Å². The Bertz CT molecular complexity index is 579. The number of aromatic nitrogens is 2. The number of nitrogens with two attached hydrogens (primary N) is 4. The molecular weight excluding hydrogens is 292 g/mol. The van der Waals surface area contributed by atoms with Gasteiger partial charge < -0.3 is 10.2 Å². The first kappa shape index (κ1) is 19.1. The van der Waals surface area contributed by atoms with E-state index in [2.05, 4.69) is 33.3 Å². The summed E-state index contributed by atoms with van der Waals surface area (Å²) in [5.41, 5.74) is 0.779. The van der Waals surface area contributed by atoms with Crippen molar-refractivity contribution in [1.29, 1.82) is 0 Å². The fourth-order valence-corrected chi connectivity index (χ4v) is 1.41. The van der Waals surface area contributed by atoms with Crippen LogP contribution in [-0.4, -0.2) is 32.1 Å². The summed E-state index contributed by atoms with van der Waals surface area (Å²) in [6, 6.07) is 5.40. The number of hydrazine groups is 2. The number of carbonyl (C=O) groups is 2. The highest BCUT2D eigenvalue weighted by atomic mass is 16.4. The topological polar surface area (TPSA) is 204 Å². The number of hydrogen-bond donors (Lipinski definition) is 6. The molecule has 0 bridgehead atoms. The quantitative estimate of drug-likeness (QED) is 0.306. The van der Waals surface area contributed by atoms with Crippen molar-refractivity contribution in [1.82, 2.24) is 9.97 Å². The highest BCUT2D eigenvalue weighted by molar-refractivity contribution is 5.90. The molecule has 0 saturated heterocycles. The zero-order chi connectivity index (χ0) is 17.1. The molecule has 0 aromatic carbocycles. The first-order valence-electron chi connectivity index (χ1n) is 5.63. The van der Waals surface area contributed by atoms with Gasteiger partial charge in [-0.15, -0.1) is 0 Å². The summed E-state index contributed by atoms with van der Waals surface area (Å²) < 4.78 is 0. The van der Waals surface area contributed by atoms with E-state index in [1.165, 1.54) is 36.7 Å². The Morgan fingerprint density at radius 1 is 0.773 bits per heavy atom. The van der Waals surface area contributed by atoms with Crippen molar-refractivity contribution in [3.8, 4) is 11.4 Å². The molecule has 0 spiro atoms. The van der Waals surface area contributed by atoms with Crippen LogP contribution in [0.25, 0.3) is 11.4 Å². The molecule has 0 fully saturated rings. The zero-order valence-corrected chi connectivity index (χ0v) is 11.4. The zero-order valence-electron chi connectivity index (χ0n) is 11.4. The average molecular weight is 308 g/mol. The summed E-state index contributed by atoms with van der Waals surface area (Å²) in [7, 11) is 0. The molecule has 2 aromatic rings. The molecule has 0 aliphatic carbocycles. The molecule has 0 amide bonds. The molecule has 0 saturated carbocycles. The lowest BCUT2D eigenvalue weighted by atomic mass is 10.1. The Hall–Kier alpha value is -2.92. The van der Waals surface area contributed by atoms with E-state index in [1.54, 1.807) is 0 Å². The molecular formula is C12H16N6O4. The molecule has 0 aliphatic rings. The van der Waals surface area contributed by atoms with Crippen LogP contribution >= 0.6 is 0 Å².